The number of rotatable bonds is 3. The number of nitrogens with zero attached hydrogens (tertiary/aromatic N) is 1. The minimum absolute atomic E-state index is 0.178. The largest absolute Gasteiger partial charge is 0.337 e. The summed E-state index contributed by atoms with van der Waals surface area (Å²) in [6.45, 7) is 4.27. The molecule has 18 heavy (non-hydrogen) atoms. The average Bonchev–Trinajstić information content (AvgIpc) is 2.38. The number of amides is 1. The molecule has 0 saturated carbocycles. The molecule has 2 rings (SSSR count). The number of halogens is 1. The number of benzene rings is 1. The van der Waals surface area contributed by atoms with Crippen molar-refractivity contribution in [1.82, 2.24) is 10.2 Å². The molecule has 3 nitrogen and oxygen atoms in total. The van der Waals surface area contributed by atoms with Crippen molar-refractivity contribution in [2.75, 3.05) is 19.6 Å². The molecule has 1 fully saturated rings. The normalized spacial score (nSPS) is 19.9. The second kappa shape index (κ2) is 6.21. The van der Waals surface area contributed by atoms with E-state index in [-0.39, 0.29) is 5.91 Å². The predicted octanol–water partition coefficient (Wildman–Crippen LogP) is 2.09. The van der Waals surface area contributed by atoms with Crippen LogP contribution in [0.4, 0.5) is 0 Å². The topological polar surface area (TPSA) is 32.3 Å². The van der Waals surface area contributed by atoms with Crippen LogP contribution in [-0.2, 0) is 11.2 Å². The van der Waals surface area contributed by atoms with Crippen LogP contribution < -0.4 is 5.32 Å². The van der Waals surface area contributed by atoms with Gasteiger partial charge in [-0.05, 0) is 30.5 Å². The first kappa shape index (κ1) is 13.4. The van der Waals surface area contributed by atoms with Crippen LogP contribution in [0.25, 0.3) is 0 Å². The summed E-state index contributed by atoms with van der Waals surface area (Å²) in [5.41, 5.74) is 1.27. The first-order valence-electron chi connectivity index (χ1n) is 6.39. The summed E-state index contributed by atoms with van der Waals surface area (Å²) in [4.78, 5) is 13.5. The molecule has 1 aliphatic rings. The predicted molar refractivity (Wildman–Crippen MR) is 73.8 cm³/mol. The molecule has 98 valence electrons. The lowest BCUT2D eigenvalue weighted by atomic mass is 10.0. The molecule has 1 heterocycles. The molecule has 1 aliphatic heterocycles. The molecule has 1 amide bonds. The lowest BCUT2D eigenvalue weighted by Crippen LogP contribution is -2.53. The maximum absolute atomic E-state index is 11.5. The van der Waals surface area contributed by atoms with Gasteiger partial charge in [-0.25, -0.2) is 0 Å². The highest BCUT2D eigenvalue weighted by molar-refractivity contribution is 6.30. The zero-order chi connectivity index (χ0) is 13.0. The van der Waals surface area contributed by atoms with Gasteiger partial charge in [0.25, 0.3) is 0 Å². The number of hydrogen-bond donors (Lipinski definition) is 1. The van der Waals surface area contributed by atoms with Crippen molar-refractivity contribution < 1.29 is 4.79 Å². The van der Waals surface area contributed by atoms with E-state index in [9.17, 15) is 4.79 Å². The second-order valence-electron chi connectivity index (χ2n) is 4.74. The molecule has 1 N–H and O–H groups in total. The van der Waals surface area contributed by atoms with Gasteiger partial charge in [-0.15, -0.1) is 0 Å². The Hall–Kier alpha value is -1.06. The van der Waals surface area contributed by atoms with Crippen LogP contribution in [0.1, 0.15) is 18.9 Å². The van der Waals surface area contributed by atoms with Gasteiger partial charge in [0.15, 0.2) is 0 Å². The minimum Gasteiger partial charge on any atom is -0.337 e. The van der Waals surface area contributed by atoms with E-state index >= 15 is 0 Å². The Balaban J connectivity index is 1.91. The third kappa shape index (κ3) is 3.47. The Bertz CT molecular complexity index is 405. The summed E-state index contributed by atoms with van der Waals surface area (Å²) in [7, 11) is 0. The van der Waals surface area contributed by atoms with E-state index in [1.54, 1.807) is 6.92 Å². The molecular weight excluding hydrogens is 248 g/mol. The van der Waals surface area contributed by atoms with Gasteiger partial charge >= 0.3 is 0 Å². The lowest BCUT2D eigenvalue weighted by molar-refractivity contribution is -0.132. The number of aryl methyl sites for hydroxylation is 1. The van der Waals surface area contributed by atoms with Gasteiger partial charge in [0.1, 0.15) is 0 Å². The van der Waals surface area contributed by atoms with Gasteiger partial charge in [0.05, 0.1) is 0 Å². The molecule has 0 aromatic heterocycles. The van der Waals surface area contributed by atoms with E-state index in [0.29, 0.717) is 6.04 Å². The molecule has 0 bridgehead atoms. The van der Waals surface area contributed by atoms with Crippen molar-refractivity contribution in [2.24, 2.45) is 0 Å². The van der Waals surface area contributed by atoms with Crippen molar-refractivity contribution in [3.8, 4) is 0 Å². The average molecular weight is 267 g/mol. The molecule has 1 saturated heterocycles. The van der Waals surface area contributed by atoms with Crippen LogP contribution >= 0.6 is 11.6 Å². The lowest BCUT2D eigenvalue weighted by Gasteiger charge is -2.35. The third-order valence-electron chi connectivity index (χ3n) is 3.43. The molecule has 1 aromatic carbocycles. The Morgan fingerprint density at radius 3 is 2.83 bits per heavy atom. The minimum atomic E-state index is 0.178. The maximum atomic E-state index is 11.5. The van der Waals surface area contributed by atoms with Crippen molar-refractivity contribution in [2.45, 2.75) is 25.8 Å². The van der Waals surface area contributed by atoms with Crippen molar-refractivity contribution >= 4 is 17.5 Å². The molecule has 1 unspecified atom stereocenters. The summed E-state index contributed by atoms with van der Waals surface area (Å²) in [5.74, 6) is 0.178. The smallest absolute Gasteiger partial charge is 0.219 e. The fourth-order valence-corrected chi connectivity index (χ4v) is 2.54. The SMILES string of the molecule is CC(=O)N1CCNCC1CCc1ccc(Cl)cc1. The number of carbonyl (C=O) groups excluding carboxylic acids is 1. The Labute approximate surface area is 113 Å². The van der Waals surface area contributed by atoms with Crippen molar-refractivity contribution in [1.29, 1.82) is 0 Å². The van der Waals surface area contributed by atoms with Crippen LogP contribution in [0.3, 0.4) is 0 Å². The highest BCUT2D eigenvalue weighted by Gasteiger charge is 2.23. The fourth-order valence-electron chi connectivity index (χ4n) is 2.42. The summed E-state index contributed by atoms with van der Waals surface area (Å²) in [5, 5.41) is 4.12. The molecule has 0 radical (unpaired) electrons. The highest BCUT2D eigenvalue weighted by atomic mass is 35.5. The zero-order valence-corrected chi connectivity index (χ0v) is 11.4. The summed E-state index contributed by atoms with van der Waals surface area (Å²) in [6, 6.07) is 8.25. The van der Waals surface area contributed by atoms with Crippen molar-refractivity contribution in [3.05, 3.63) is 34.9 Å². The Kier molecular flexibility index (Phi) is 4.61. The number of carbonyl (C=O) groups is 1. The molecule has 1 atom stereocenters. The van der Waals surface area contributed by atoms with E-state index in [4.69, 9.17) is 11.6 Å². The van der Waals surface area contributed by atoms with Gasteiger partial charge in [-0.2, -0.15) is 0 Å². The zero-order valence-electron chi connectivity index (χ0n) is 10.7. The van der Waals surface area contributed by atoms with Crippen LogP contribution in [0.5, 0.6) is 0 Å². The van der Waals surface area contributed by atoms with Crippen LogP contribution in [-0.4, -0.2) is 36.5 Å². The van der Waals surface area contributed by atoms with E-state index in [1.807, 2.05) is 17.0 Å². The molecule has 0 spiro atoms. The number of piperazine rings is 1. The Morgan fingerprint density at radius 1 is 1.44 bits per heavy atom. The molecule has 0 aliphatic carbocycles. The molecule has 1 aromatic rings. The van der Waals surface area contributed by atoms with Gasteiger partial charge in [0.2, 0.25) is 5.91 Å². The number of nitrogens with one attached hydrogen (secondary N) is 1. The fraction of sp³-hybridized carbons (Fsp3) is 0.500. The monoisotopic (exact) mass is 266 g/mol. The van der Waals surface area contributed by atoms with Crippen LogP contribution in [0, 0.1) is 0 Å². The van der Waals surface area contributed by atoms with E-state index in [0.717, 1.165) is 37.5 Å². The highest BCUT2D eigenvalue weighted by Crippen LogP contribution is 2.14. The Morgan fingerprint density at radius 2 is 2.17 bits per heavy atom. The van der Waals surface area contributed by atoms with Crippen LogP contribution in [0.15, 0.2) is 24.3 Å². The van der Waals surface area contributed by atoms with E-state index in [2.05, 4.69) is 17.4 Å². The third-order valence-corrected chi connectivity index (χ3v) is 3.69. The standard InChI is InChI=1S/C14H19ClN2O/c1-11(18)17-9-8-16-10-14(17)7-4-12-2-5-13(15)6-3-12/h2-3,5-6,14,16H,4,7-10H2,1H3. The first-order valence-corrected chi connectivity index (χ1v) is 6.77. The first-order chi connectivity index (χ1) is 8.66. The summed E-state index contributed by atoms with van der Waals surface area (Å²) in [6.07, 6.45) is 1.97. The van der Waals surface area contributed by atoms with Crippen LogP contribution in [0.2, 0.25) is 5.02 Å². The van der Waals surface area contributed by atoms with E-state index < -0.39 is 0 Å². The quantitative estimate of drug-likeness (QED) is 0.909. The van der Waals surface area contributed by atoms with E-state index in [1.165, 1.54) is 5.56 Å². The van der Waals surface area contributed by atoms with Crippen molar-refractivity contribution in [3.63, 3.8) is 0 Å². The summed E-state index contributed by atoms with van der Waals surface area (Å²) >= 11 is 5.86. The van der Waals surface area contributed by atoms with Gasteiger partial charge in [-0.3, -0.25) is 4.79 Å². The van der Waals surface area contributed by atoms with Gasteiger partial charge < -0.3 is 10.2 Å². The molecule has 4 heteroatoms. The summed E-state index contributed by atoms with van der Waals surface area (Å²) < 4.78 is 0. The van der Waals surface area contributed by atoms with Gasteiger partial charge in [-0.1, -0.05) is 23.7 Å². The van der Waals surface area contributed by atoms with Gasteiger partial charge in [0, 0.05) is 37.6 Å². The maximum Gasteiger partial charge on any atom is 0.219 e. The molecular formula is C14H19ClN2O. The number of hydrogen-bond acceptors (Lipinski definition) is 2. The second-order valence-corrected chi connectivity index (χ2v) is 5.17.